The SMILES string of the molecule is O=Cc1cc2cc(OCCCN3CCCCC3)ccc2n1S(=O)(=O)c1ccccc1. The predicted molar refractivity (Wildman–Crippen MR) is 117 cm³/mol. The van der Waals surface area contributed by atoms with Crippen molar-refractivity contribution in [2.45, 2.75) is 30.6 Å². The van der Waals surface area contributed by atoms with Crippen molar-refractivity contribution in [2.24, 2.45) is 0 Å². The standard InChI is InChI=1S/C23H26N2O4S/c26-18-20-16-19-17-21(29-15-7-14-24-12-5-2-6-13-24)10-11-23(19)25(20)30(27,28)22-8-3-1-4-9-22/h1,3-4,8-11,16-18H,2,5-7,12-15H2. The minimum atomic E-state index is -3.87. The molecule has 2 heterocycles. The lowest BCUT2D eigenvalue weighted by Gasteiger charge is -2.26. The smallest absolute Gasteiger partial charge is 0.268 e. The van der Waals surface area contributed by atoms with Gasteiger partial charge in [-0.3, -0.25) is 4.79 Å². The largest absolute Gasteiger partial charge is 0.494 e. The van der Waals surface area contributed by atoms with E-state index in [1.807, 2.05) is 0 Å². The molecule has 7 heteroatoms. The highest BCUT2D eigenvalue weighted by molar-refractivity contribution is 7.90. The highest BCUT2D eigenvalue weighted by Gasteiger charge is 2.23. The number of hydrogen-bond acceptors (Lipinski definition) is 5. The summed E-state index contributed by atoms with van der Waals surface area (Å²) in [5.41, 5.74) is 0.553. The summed E-state index contributed by atoms with van der Waals surface area (Å²) < 4.78 is 33.2. The average molecular weight is 427 g/mol. The Bertz CT molecular complexity index is 1120. The van der Waals surface area contributed by atoms with Crippen LogP contribution >= 0.6 is 0 Å². The molecule has 1 aromatic heterocycles. The minimum absolute atomic E-state index is 0.0936. The van der Waals surface area contributed by atoms with Crippen molar-refractivity contribution in [3.63, 3.8) is 0 Å². The number of nitrogens with zero attached hydrogens (tertiary/aromatic N) is 2. The second-order valence-electron chi connectivity index (χ2n) is 7.59. The van der Waals surface area contributed by atoms with Gasteiger partial charge in [0.1, 0.15) is 5.75 Å². The van der Waals surface area contributed by atoms with Gasteiger partial charge in [-0.05, 0) is 68.8 Å². The maximum absolute atomic E-state index is 13.1. The van der Waals surface area contributed by atoms with Gasteiger partial charge in [-0.15, -0.1) is 0 Å². The van der Waals surface area contributed by atoms with E-state index in [9.17, 15) is 13.2 Å². The Morgan fingerprint density at radius 1 is 0.967 bits per heavy atom. The maximum atomic E-state index is 13.1. The first-order valence-electron chi connectivity index (χ1n) is 10.4. The number of rotatable bonds is 8. The third kappa shape index (κ3) is 4.27. The summed E-state index contributed by atoms with van der Waals surface area (Å²) in [4.78, 5) is 14.2. The first-order valence-corrected chi connectivity index (χ1v) is 11.8. The molecule has 0 saturated carbocycles. The zero-order valence-electron chi connectivity index (χ0n) is 16.9. The third-order valence-electron chi connectivity index (χ3n) is 5.49. The number of benzene rings is 2. The van der Waals surface area contributed by atoms with Crippen LogP contribution in [0.3, 0.4) is 0 Å². The fourth-order valence-corrected chi connectivity index (χ4v) is 5.50. The molecule has 0 spiro atoms. The van der Waals surface area contributed by atoms with Gasteiger partial charge in [-0.1, -0.05) is 24.6 Å². The number of piperidine rings is 1. The van der Waals surface area contributed by atoms with E-state index in [-0.39, 0.29) is 10.6 Å². The quantitative estimate of drug-likeness (QED) is 0.403. The van der Waals surface area contributed by atoms with E-state index in [1.54, 1.807) is 42.5 Å². The number of aldehydes is 1. The summed E-state index contributed by atoms with van der Waals surface area (Å²) in [6.07, 6.45) is 5.40. The summed E-state index contributed by atoms with van der Waals surface area (Å²) in [5, 5.41) is 0.658. The molecule has 0 amide bonds. The number of aromatic nitrogens is 1. The van der Waals surface area contributed by atoms with Crippen LogP contribution in [-0.2, 0) is 10.0 Å². The van der Waals surface area contributed by atoms with Crippen LogP contribution in [0.1, 0.15) is 36.2 Å². The number of likely N-dealkylation sites (tertiary alicyclic amines) is 1. The molecule has 1 saturated heterocycles. The van der Waals surface area contributed by atoms with Crippen molar-refractivity contribution < 1.29 is 17.9 Å². The number of carbonyl (C=O) groups is 1. The zero-order valence-corrected chi connectivity index (χ0v) is 17.7. The topological polar surface area (TPSA) is 68.6 Å². The Kier molecular flexibility index (Phi) is 6.20. The highest BCUT2D eigenvalue weighted by atomic mass is 32.2. The zero-order chi connectivity index (χ0) is 21.0. The van der Waals surface area contributed by atoms with Crippen LogP contribution in [0, 0.1) is 0 Å². The van der Waals surface area contributed by atoms with Crippen molar-refractivity contribution in [3.05, 3.63) is 60.3 Å². The van der Waals surface area contributed by atoms with Gasteiger partial charge >= 0.3 is 0 Å². The Morgan fingerprint density at radius 2 is 1.73 bits per heavy atom. The molecular formula is C23H26N2O4S. The average Bonchev–Trinajstić information content (AvgIpc) is 3.17. The summed E-state index contributed by atoms with van der Waals surface area (Å²) in [6.45, 7) is 3.97. The molecule has 0 N–H and O–H groups in total. The highest BCUT2D eigenvalue weighted by Crippen LogP contribution is 2.28. The molecule has 3 aromatic rings. The van der Waals surface area contributed by atoms with Gasteiger partial charge < -0.3 is 9.64 Å². The lowest BCUT2D eigenvalue weighted by molar-refractivity contribution is 0.111. The van der Waals surface area contributed by atoms with Crippen LogP contribution in [0.4, 0.5) is 0 Å². The number of hydrogen-bond donors (Lipinski definition) is 0. The Hall–Kier alpha value is -2.64. The number of ether oxygens (including phenoxy) is 1. The molecule has 0 aliphatic carbocycles. The van der Waals surface area contributed by atoms with Crippen molar-refractivity contribution in [3.8, 4) is 5.75 Å². The molecule has 2 aromatic carbocycles. The number of carbonyl (C=O) groups excluding carboxylic acids is 1. The molecule has 30 heavy (non-hydrogen) atoms. The van der Waals surface area contributed by atoms with E-state index < -0.39 is 10.0 Å². The van der Waals surface area contributed by atoms with Gasteiger partial charge in [0.25, 0.3) is 10.0 Å². The van der Waals surface area contributed by atoms with Crippen LogP contribution in [0.15, 0.2) is 59.5 Å². The van der Waals surface area contributed by atoms with Crippen molar-refractivity contribution >= 4 is 27.2 Å². The van der Waals surface area contributed by atoms with Gasteiger partial charge in [-0.25, -0.2) is 12.4 Å². The van der Waals surface area contributed by atoms with E-state index in [4.69, 9.17) is 4.74 Å². The molecule has 0 unspecified atom stereocenters. The number of fused-ring (bicyclic) bond motifs is 1. The van der Waals surface area contributed by atoms with E-state index in [1.165, 1.54) is 44.5 Å². The van der Waals surface area contributed by atoms with E-state index in [0.717, 1.165) is 16.9 Å². The monoisotopic (exact) mass is 426 g/mol. The van der Waals surface area contributed by atoms with Crippen molar-refractivity contribution in [2.75, 3.05) is 26.2 Å². The second-order valence-corrected chi connectivity index (χ2v) is 9.38. The van der Waals surface area contributed by atoms with E-state index in [2.05, 4.69) is 4.90 Å². The molecular weight excluding hydrogens is 400 g/mol. The molecule has 0 radical (unpaired) electrons. The summed E-state index contributed by atoms with van der Waals surface area (Å²) in [5.74, 6) is 0.674. The predicted octanol–water partition coefficient (Wildman–Crippen LogP) is 3.95. The van der Waals surface area contributed by atoms with Crippen molar-refractivity contribution in [1.82, 2.24) is 8.87 Å². The lowest BCUT2D eigenvalue weighted by Crippen LogP contribution is -2.31. The molecule has 1 fully saturated rings. The van der Waals surface area contributed by atoms with Gasteiger partial charge in [0.05, 0.1) is 22.7 Å². The summed E-state index contributed by atoms with van der Waals surface area (Å²) >= 11 is 0. The van der Waals surface area contributed by atoms with Gasteiger partial charge in [0, 0.05) is 11.9 Å². The minimum Gasteiger partial charge on any atom is -0.494 e. The van der Waals surface area contributed by atoms with Crippen LogP contribution in [0.2, 0.25) is 0 Å². The third-order valence-corrected chi connectivity index (χ3v) is 7.25. The molecule has 1 aliphatic rings. The van der Waals surface area contributed by atoms with Gasteiger partial charge in [0.15, 0.2) is 6.29 Å². The second kappa shape index (κ2) is 9.02. The molecule has 6 nitrogen and oxygen atoms in total. The van der Waals surface area contributed by atoms with Crippen LogP contribution in [0.5, 0.6) is 5.75 Å². The van der Waals surface area contributed by atoms with Crippen molar-refractivity contribution in [1.29, 1.82) is 0 Å². The van der Waals surface area contributed by atoms with Crippen LogP contribution in [0.25, 0.3) is 10.9 Å². The fraction of sp³-hybridized carbons (Fsp3) is 0.348. The molecule has 1 aliphatic heterocycles. The normalized spacial score (nSPS) is 15.3. The van der Waals surface area contributed by atoms with Crippen LogP contribution in [-0.4, -0.2) is 49.8 Å². The summed E-state index contributed by atoms with van der Waals surface area (Å²) in [7, 11) is -3.87. The maximum Gasteiger partial charge on any atom is 0.268 e. The van der Waals surface area contributed by atoms with Gasteiger partial charge in [0.2, 0.25) is 0 Å². The van der Waals surface area contributed by atoms with Crippen LogP contribution < -0.4 is 4.74 Å². The Morgan fingerprint density at radius 3 is 2.47 bits per heavy atom. The summed E-state index contributed by atoms with van der Waals surface area (Å²) in [6, 6.07) is 15.0. The Labute approximate surface area is 177 Å². The first-order chi connectivity index (χ1) is 14.6. The molecule has 158 valence electrons. The van der Waals surface area contributed by atoms with Gasteiger partial charge in [-0.2, -0.15) is 0 Å². The first kappa shape index (κ1) is 20.6. The molecule has 0 atom stereocenters. The lowest BCUT2D eigenvalue weighted by atomic mass is 10.1. The Balaban J connectivity index is 1.52. The molecule has 4 rings (SSSR count). The van der Waals surface area contributed by atoms with E-state index in [0.29, 0.717) is 29.5 Å². The molecule has 0 bridgehead atoms. The van der Waals surface area contributed by atoms with E-state index >= 15 is 0 Å². The fourth-order valence-electron chi connectivity index (χ4n) is 3.99.